The number of benzene rings is 9. The van der Waals surface area contributed by atoms with Crippen LogP contribution in [0.1, 0.15) is 27.8 Å². The monoisotopic (exact) mass is 879 g/mol. The number of rotatable bonds is 9. The quantitative estimate of drug-likeness (QED) is 0.144. The number of hydrogen-bond acceptors (Lipinski definition) is 5. The third kappa shape index (κ3) is 7.47. The van der Waals surface area contributed by atoms with Crippen molar-refractivity contribution in [2.45, 2.75) is 5.41 Å². The molecule has 0 aliphatic heterocycles. The smallest absolute Gasteiger partial charge is 0.160 e. The summed E-state index contributed by atoms with van der Waals surface area (Å²) >= 11 is 0. The SMILES string of the molecule is N#Cc1ccc2c(c1)C(c1ccccc1)(c1ccccc1)c1cc(-c3cc(-c4nc(-c5ccccc5)cc(-c5ccccc5)n4)cc(-c4nc(-c5ccccc5)cc(-c5ccccc5)n4)c3)ccc1-2. The molecule has 0 fully saturated rings. The average molecular weight is 880 g/mol. The highest BCUT2D eigenvalue weighted by Crippen LogP contribution is 2.57. The van der Waals surface area contributed by atoms with Gasteiger partial charge >= 0.3 is 0 Å². The Morgan fingerprint density at radius 3 is 1.03 bits per heavy atom. The molecule has 0 spiro atoms. The van der Waals surface area contributed by atoms with E-state index in [4.69, 9.17) is 19.9 Å². The Morgan fingerprint density at radius 1 is 0.290 bits per heavy atom. The van der Waals surface area contributed by atoms with Crippen LogP contribution in [0.4, 0.5) is 0 Å². The first kappa shape index (κ1) is 41.1. The Balaban J connectivity index is 1.13. The van der Waals surface area contributed by atoms with Gasteiger partial charge in [-0.25, -0.2) is 19.9 Å². The zero-order valence-corrected chi connectivity index (χ0v) is 37.4. The summed E-state index contributed by atoms with van der Waals surface area (Å²) < 4.78 is 0. The maximum Gasteiger partial charge on any atom is 0.160 e. The van der Waals surface area contributed by atoms with Gasteiger partial charge in [0.25, 0.3) is 0 Å². The second-order valence-electron chi connectivity index (χ2n) is 17.3. The molecule has 1 aliphatic carbocycles. The molecule has 1 aliphatic rings. The molecule has 0 N–H and O–H groups in total. The van der Waals surface area contributed by atoms with E-state index in [1.54, 1.807) is 0 Å². The van der Waals surface area contributed by atoms with E-state index in [1.165, 1.54) is 0 Å². The number of aromatic nitrogens is 4. The van der Waals surface area contributed by atoms with Crippen molar-refractivity contribution in [3.8, 4) is 96.1 Å². The molecule has 0 amide bonds. The average Bonchev–Trinajstić information content (AvgIpc) is 3.73. The molecule has 0 atom stereocenters. The van der Waals surface area contributed by atoms with Gasteiger partial charge in [0.15, 0.2) is 11.6 Å². The summed E-state index contributed by atoms with van der Waals surface area (Å²) in [4.78, 5) is 21.3. The molecule has 2 heterocycles. The highest BCUT2D eigenvalue weighted by atomic mass is 14.9. The summed E-state index contributed by atoms with van der Waals surface area (Å²) in [6.45, 7) is 0. The van der Waals surface area contributed by atoms with Crippen molar-refractivity contribution in [1.82, 2.24) is 19.9 Å². The van der Waals surface area contributed by atoms with Crippen LogP contribution in [0.3, 0.4) is 0 Å². The Kier molecular flexibility index (Phi) is 10.4. The van der Waals surface area contributed by atoms with E-state index in [-0.39, 0.29) is 0 Å². The van der Waals surface area contributed by atoms with Gasteiger partial charge in [0.1, 0.15) is 0 Å². The molecule has 0 unspecified atom stereocenters. The van der Waals surface area contributed by atoms with Crippen LogP contribution in [0, 0.1) is 11.3 Å². The van der Waals surface area contributed by atoms with Crippen molar-refractivity contribution in [1.29, 1.82) is 5.26 Å². The molecule has 69 heavy (non-hydrogen) atoms. The Labute approximate surface area is 401 Å². The van der Waals surface area contributed by atoms with E-state index in [9.17, 15) is 5.26 Å². The van der Waals surface area contributed by atoms with Crippen LogP contribution < -0.4 is 0 Å². The summed E-state index contributed by atoms with van der Waals surface area (Å²) in [5.41, 5.74) is 17.5. The fraction of sp³-hybridized carbons (Fsp3) is 0.0156. The third-order valence-corrected chi connectivity index (χ3v) is 13.2. The number of hydrogen-bond donors (Lipinski definition) is 0. The number of nitrogens with zero attached hydrogens (tertiary/aromatic N) is 5. The van der Waals surface area contributed by atoms with E-state index in [0.29, 0.717) is 17.2 Å². The molecular formula is C64H41N5. The van der Waals surface area contributed by atoms with Crippen molar-refractivity contribution >= 4 is 0 Å². The topological polar surface area (TPSA) is 75.3 Å². The first-order valence-electron chi connectivity index (χ1n) is 23.1. The second kappa shape index (κ2) is 17.5. The van der Waals surface area contributed by atoms with E-state index in [2.05, 4.69) is 176 Å². The predicted octanol–water partition coefficient (Wildman–Crippen LogP) is 15.2. The van der Waals surface area contributed by atoms with E-state index >= 15 is 0 Å². The second-order valence-corrected chi connectivity index (χ2v) is 17.3. The van der Waals surface area contributed by atoms with Gasteiger partial charge < -0.3 is 0 Å². The number of nitriles is 1. The van der Waals surface area contributed by atoms with Crippen LogP contribution in [-0.4, -0.2) is 19.9 Å². The lowest BCUT2D eigenvalue weighted by atomic mass is 9.67. The van der Waals surface area contributed by atoms with Crippen LogP contribution in [0.15, 0.2) is 249 Å². The molecule has 11 aromatic rings. The van der Waals surface area contributed by atoms with Gasteiger partial charge in [-0.1, -0.05) is 200 Å². The van der Waals surface area contributed by atoms with Gasteiger partial charge in [0, 0.05) is 33.4 Å². The fourth-order valence-electron chi connectivity index (χ4n) is 9.97. The standard InChI is InChI=1S/C64H41N5/c65-42-43-31-33-54-55-34-32-48(39-57(55)64(56(54)35-43,52-27-15-5-16-28-52)53-29-17-6-18-30-53)49-36-50(62-66-58(44-19-7-1-8-20-44)40-59(67-62)45-21-9-2-10-22-45)38-51(37-49)63-68-60(46-23-11-3-12-24-46)41-61(69-63)47-25-13-4-14-26-47/h1-41H. The maximum absolute atomic E-state index is 10.3. The van der Waals surface area contributed by atoms with Crippen molar-refractivity contribution in [3.63, 3.8) is 0 Å². The third-order valence-electron chi connectivity index (χ3n) is 13.2. The minimum atomic E-state index is -0.716. The van der Waals surface area contributed by atoms with E-state index in [1.807, 2.05) is 78.9 Å². The lowest BCUT2D eigenvalue weighted by Gasteiger charge is -2.34. The molecule has 5 nitrogen and oxygen atoms in total. The molecule has 5 heteroatoms. The molecule has 0 radical (unpaired) electrons. The maximum atomic E-state index is 10.3. The van der Waals surface area contributed by atoms with Crippen LogP contribution in [-0.2, 0) is 5.41 Å². The highest BCUT2D eigenvalue weighted by Gasteiger charge is 2.46. The van der Waals surface area contributed by atoms with Crippen molar-refractivity contribution in [3.05, 3.63) is 277 Å². The largest absolute Gasteiger partial charge is 0.228 e. The van der Waals surface area contributed by atoms with Crippen LogP contribution >= 0.6 is 0 Å². The van der Waals surface area contributed by atoms with Gasteiger partial charge in [-0.15, -0.1) is 0 Å². The molecule has 0 saturated heterocycles. The summed E-state index contributed by atoms with van der Waals surface area (Å²) in [7, 11) is 0. The Morgan fingerprint density at radius 2 is 0.638 bits per heavy atom. The Hall–Kier alpha value is -9.37. The zero-order chi connectivity index (χ0) is 46.2. The van der Waals surface area contributed by atoms with E-state index in [0.717, 1.165) is 101 Å². The van der Waals surface area contributed by atoms with Gasteiger partial charge in [0.2, 0.25) is 0 Å². The molecule has 0 bridgehead atoms. The van der Waals surface area contributed by atoms with Gasteiger partial charge in [-0.3, -0.25) is 0 Å². The van der Waals surface area contributed by atoms with Crippen molar-refractivity contribution in [2.24, 2.45) is 0 Å². The van der Waals surface area contributed by atoms with Crippen molar-refractivity contribution < 1.29 is 0 Å². The van der Waals surface area contributed by atoms with Crippen molar-refractivity contribution in [2.75, 3.05) is 0 Å². The molecular weight excluding hydrogens is 839 g/mol. The normalized spacial score (nSPS) is 12.2. The van der Waals surface area contributed by atoms with Crippen LogP contribution in [0.5, 0.6) is 0 Å². The Bertz CT molecular complexity index is 3400. The molecule has 322 valence electrons. The summed E-state index contributed by atoms with van der Waals surface area (Å²) in [6.07, 6.45) is 0. The molecule has 12 rings (SSSR count). The van der Waals surface area contributed by atoms with Crippen LogP contribution in [0.2, 0.25) is 0 Å². The minimum absolute atomic E-state index is 0.585. The molecule has 2 aromatic heterocycles. The van der Waals surface area contributed by atoms with E-state index < -0.39 is 5.41 Å². The summed E-state index contributed by atoms with van der Waals surface area (Å²) in [5.74, 6) is 1.17. The minimum Gasteiger partial charge on any atom is -0.228 e. The fourth-order valence-corrected chi connectivity index (χ4v) is 9.97. The predicted molar refractivity (Wildman–Crippen MR) is 278 cm³/mol. The zero-order valence-electron chi connectivity index (χ0n) is 37.4. The summed E-state index contributed by atoms with van der Waals surface area (Å²) in [6, 6.07) is 88.5. The lowest BCUT2D eigenvalue weighted by Crippen LogP contribution is -2.28. The molecule has 9 aromatic carbocycles. The highest BCUT2D eigenvalue weighted by molar-refractivity contribution is 5.90. The van der Waals surface area contributed by atoms with Gasteiger partial charge in [-0.2, -0.15) is 5.26 Å². The lowest BCUT2D eigenvalue weighted by molar-refractivity contribution is 0.768. The summed E-state index contributed by atoms with van der Waals surface area (Å²) in [5, 5.41) is 10.3. The van der Waals surface area contributed by atoms with Gasteiger partial charge in [-0.05, 0) is 93.0 Å². The first-order chi connectivity index (χ1) is 34.1. The molecule has 0 saturated carbocycles. The van der Waals surface area contributed by atoms with Gasteiger partial charge in [0.05, 0.1) is 39.8 Å². The van der Waals surface area contributed by atoms with Crippen LogP contribution in [0.25, 0.3) is 90.1 Å². The first-order valence-corrected chi connectivity index (χ1v) is 23.1. The number of fused-ring (bicyclic) bond motifs is 3.